The second kappa shape index (κ2) is 17.5. The standard InChI is InChI=1S/2C16H18.2CH3.2ClH.Zr/c2*1-2-6-13(7-3-1)12-15-11-10-14-8-4-5-9-16(14)15;;;;;/h2*1-9,14-16H,10-12H2;2*1H3;2*1H;/q;;2*-1;;;+4/p-2. The number of halogens is 2. The van der Waals surface area contributed by atoms with E-state index in [1.807, 2.05) is 0 Å². The van der Waals surface area contributed by atoms with Crippen molar-refractivity contribution in [2.45, 2.75) is 38.5 Å². The molecule has 0 bridgehead atoms. The molecule has 0 spiro atoms. The summed E-state index contributed by atoms with van der Waals surface area (Å²) in [6.07, 6.45) is 26.6. The summed E-state index contributed by atoms with van der Waals surface area (Å²) in [6, 6.07) is 21.8. The van der Waals surface area contributed by atoms with Crippen LogP contribution in [0.5, 0.6) is 0 Å². The van der Waals surface area contributed by atoms with Gasteiger partial charge in [-0.05, 0) is 85.2 Å². The van der Waals surface area contributed by atoms with Crippen molar-refractivity contribution in [3.8, 4) is 0 Å². The molecule has 6 rings (SSSR count). The topological polar surface area (TPSA) is 0 Å². The van der Waals surface area contributed by atoms with Crippen LogP contribution in [-0.2, 0) is 33.7 Å². The SMILES string of the molecule is C1=CC2CCC(Cc3ccccc3)C2C=C1.C1=CC2CCC(Cc3ccccc3)C2C=C1.[CH3-].[CH3-].[Cl][Zr+2][Cl]. The van der Waals surface area contributed by atoms with Crippen LogP contribution in [0.15, 0.2) is 109 Å². The van der Waals surface area contributed by atoms with Gasteiger partial charge in [-0.3, -0.25) is 0 Å². The number of hydrogen-bond acceptors (Lipinski definition) is 0. The van der Waals surface area contributed by atoms with E-state index in [1.165, 1.54) is 49.7 Å². The summed E-state index contributed by atoms with van der Waals surface area (Å²) in [5.41, 5.74) is 2.99. The van der Waals surface area contributed by atoms with Gasteiger partial charge in [0, 0.05) is 0 Å². The number of fused-ring (bicyclic) bond motifs is 2. The predicted octanol–water partition coefficient (Wildman–Crippen LogP) is 10.3. The summed E-state index contributed by atoms with van der Waals surface area (Å²) < 4.78 is 0. The monoisotopic (exact) mass is 610 g/mol. The normalized spacial score (nSPS) is 27.6. The predicted molar refractivity (Wildman–Crippen MR) is 161 cm³/mol. The van der Waals surface area contributed by atoms with E-state index in [0.29, 0.717) is 0 Å². The van der Waals surface area contributed by atoms with E-state index in [2.05, 4.69) is 109 Å². The third kappa shape index (κ3) is 9.53. The second-order valence-corrected chi connectivity index (χ2v) is 13.9. The van der Waals surface area contributed by atoms with Crippen molar-refractivity contribution in [1.29, 1.82) is 0 Å². The first kappa shape index (κ1) is 32.1. The Bertz CT molecular complexity index is 913. The molecule has 0 radical (unpaired) electrons. The first-order valence-electron chi connectivity index (χ1n) is 13.0. The van der Waals surface area contributed by atoms with Crippen LogP contribution in [-0.4, -0.2) is 0 Å². The van der Waals surface area contributed by atoms with Crippen LogP contribution in [0.4, 0.5) is 0 Å². The quantitative estimate of drug-likeness (QED) is 0.302. The fourth-order valence-corrected chi connectivity index (χ4v) is 6.44. The Morgan fingerprint density at radius 1 is 0.541 bits per heavy atom. The molecule has 37 heavy (non-hydrogen) atoms. The summed E-state index contributed by atoms with van der Waals surface area (Å²) in [5, 5.41) is 0. The van der Waals surface area contributed by atoms with Crippen LogP contribution >= 0.6 is 17.0 Å². The molecule has 2 saturated carbocycles. The minimum absolute atomic E-state index is 0. The van der Waals surface area contributed by atoms with E-state index in [0.717, 1.165) is 35.5 Å². The van der Waals surface area contributed by atoms with E-state index in [4.69, 9.17) is 17.0 Å². The van der Waals surface area contributed by atoms with Crippen LogP contribution < -0.4 is 0 Å². The van der Waals surface area contributed by atoms with E-state index in [1.54, 1.807) is 0 Å². The van der Waals surface area contributed by atoms with Crippen LogP contribution in [0.1, 0.15) is 36.8 Å². The molecule has 4 aliphatic carbocycles. The summed E-state index contributed by atoms with van der Waals surface area (Å²) in [5.74, 6) is 4.94. The maximum atomic E-state index is 4.93. The first-order valence-corrected chi connectivity index (χ1v) is 19.4. The Hall–Kier alpha value is -1.14. The van der Waals surface area contributed by atoms with Gasteiger partial charge in [0.2, 0.25) is 0 Å². The van der Waals surface area contributed by atoms with Crippen LogP contribution in [0.3, 0.4) is 0 Å². The van der Waals surface area contributed by atoms with Gasteiger partial charge in [-0.2, -0.15) is 0 Å². The molecule has 196 valence electrons. The van der Waals surface area contributed by atoms with E-state index < -0.39 is 20.8 Å². The average Bonchev–Trinajstić information content (AvgIpc) is 3.51. The van der Waals surface area contributed by atoms with Crippen LogP contribution in [0.2, 0.25) is 0 Å². The molecule has 0 aliphatic heterocycles. The van der Waals surface area contributed by atoms with Crippen LogP contribution in [0, 0.1) is 50.4 Å². The van der Waals surface area contributed by atoms with Crippen molar-refractivity contribution in [2.24, 2.45) is 35.5 Å². The fraction of sp³-hybridized carbons (Fsp3) is 0.353. The molecule has 0 N–H and O–H groups in total. The van der Waals surface area contributed by atoms with Gasteiger partial charge in [0.1, 0.15) is 0 Å². The van der Waals surface area contributed by atoms with Gasteiger partial charge >= 0.3 is 37.9 Å². The molecule has 2 aromatic rings. The van der Waals surface area contributed by atoms with Gasteiger partial charge in [-0.1, -0.05) is 109 Å². The molecule has 0 amide bonds. The Kier molecular flexibility index (Phi) is 15.1. The van der Waals surface area contributed by atoms with Gasteiger partial charge in [-0.25, -0.2) is 0 Å². The van der Waals surface area contributed by atoms with Crippen molar-refractivity contribution in [3.63, 3.8) is 0 Å². The zero-order chi connectivity index (χ0) is 24.3. The third-order valence-corrected chi connectivity index (χ3v) is 8.11. The molecule has 6 unspecified atom stereocenters. The summed E-state index contributed by atoms with van der Waals surface area (Å²) in [7, 11) is 9.87. The number of allylic oxidation sites excluding steroid dienone is 8. The number of benzene rings is 2. The minimum atomic E-state index is -0.826. The van der Waals surface area contributed by atoms with Crippen molar-refractivity contribution in [1.82, 2.24) is 0 Å². The summed E-state index contributed by atoms with van der Waals surface area (Å²) >= 11 is -0.826. The van der Waals surface area contributed by atoms with Crippen molar-refractivity contribution < 1.29 is 20.8 Å². The van der Waals surface area contributed by atoms with Crippen LogP contribution in [0.25, 0.3) is 0 Å². The Morgan fingerprint density at radius 2 is 0.892 bits per heavy atom. The van der Waals surface area contributed by atoms with Crippen molar-refractivity contribution >= 4 is 17.0 Å². The molecular formula is C34H42Cl2Zr. The van der Waals surface area contributed by atoms with Gasteiger partial charge in [0.25, 0.3) is 0 Å². The first-order chi connectivity index (χ1) is 17.3. The second-order valence-electron chi connectivity index (χ2n) is 10.1. The van der Waals surface area contributed by atoms with Crippen molar-refractivity contribution in [3.05, 3.63) is 135 Å². The molecule has 0 aromatic heterocycles. The Balaban J connectivity index is 0.000000225. The molecular weight excluding hydrogens is 571 g/mol. The van der Waals surface area contributed by atoms with E-state index in [9.17, 15) is 0 Å². The van der Waals surface area contributed by atoms with Gasteiger partial charge in [-0.15, -0.1) is 0 Å². The zero-order valence-corrected chi connectivity index (χ0v) is 26.3. The summed E-state index contributed by atoms with van der Waals surface area (Å²) in [4.78, 5) is 0. The zero-order valence-electron chi connectivity index (χ0n) is 22.4. The molecule has 0 heterocycles. The van der Waals surface area contributed by atoms with Gasteiger partial charge in [0.15, 0.2) is 0 Å². The fourth-order valence-electron chi connectivity index (χ4n) is 6.44. The third-order valence-electron chi connectivity index (χ3n) is 8.11. The van der Waals surface area contributed by atoms with E-state index >= 15 is 0 Å². The molecule has 3 heteroatoms. The summed E-state index contributed by atoms with van der Waals surface area (Å²) in [6.45, 7) is 0. The molecule has 6 atom stereocenters. The van der Waals surface area contributed by atoms with Crippen molar-refractivity contribution in [2.75, 3.05) is 0 Å². The molecule has 2 aromatic carbocycles. The Morgan fingerprint density at radius 3 is 1.27 bits per heavy atom. The number of hydrogen-bond donors (Lipinski definition) is 0. The number of rotatable bonds is 4. The maximum absolute atomic E-state index is 4.93. The molecule has 0 saturated heterocycles. The molecule has 4 aliphatic rings. The van der Waals surface area contributed by atoms with Gasteiger partial charge < -0.3 is 14.9 Å². The van der Waals surface area contributed by atoms with E-state index in [-0.39, 0.29) is 14.9 Å². The van der Waals surface area contributed by atoms with Gasteiger partial charge in [0.05, 0.1) is 0 Å². The Labute approximate surface area is 245 Å². The average molecular weight is 613 g/mol. The molecule has 2 fully saturated rings. The molecule has 0 nitrogen and oxygen atoms in total.